The van der Waals surface area contributed by atoms with Crippen LogP contribution in [0.15, 0.2) is 0 Å². The predicted molar refractivity (Wildman–Crippen MR) is 54.6 cm³/mol. The standard InChI is InChI=1S/C11H22O2/c1-4-5-6-8-11(2,3)10(13)7-9-12/h9-10,13H,4-8H2,1-3H3. The molecule has 1 unspecified atom stereocenters. The Kier molecular flexibility index (Phi) is 5.97. The summed E-state index contributed by atoms with van der Waals surface area (Å²) in [7, 11) is 0. The number of aldehydes is 1. The molecule has 0 aromatic rings. The summed E-state index contributed by atoms with van der Waals surface area (Å²) in [5, 5.41) is 9.65. The van der Waals surface area contributed by atoms with Crippen LogP contribution in [0.25, 0.3) is 0 Å². The van der Waals surface area contributed by atoms with Crippen LogP contribution < -0.4 is 0 Å². The molecule has 0 aliphatic rings. The van der Waals surface area contributed by atoms with Gasteiger partial charge in [-0.15, -0.1) is 0 Å². The second-order valence-electron chi connectivity index (χ2n) is 4.36. The summed E-state index contributed by atoms with van der Waals surface area (Å²) in [5.41, 5.74) is -0.115. The number of hydrogen-bond donors (Lipinski definition) is 1. The SMILES string of the molecule is CCCCCC(C)(C)C(O)CC=O. The van der Waals surface area contributed by atoms with Gasteiger partial charge in [0.1, 0.15) is 6.29 Å². The van der Waals surface area contributed by atoms with Crippen molar-refractivity contribution < 1.29 is 9.90 Å². The van der Waals surface area contributed by atoms with E-state index in [2.05, 4.69) is 6.92 Å². The molecule has 0 bridgehead atoms. The van der Waals surface area contributed by atoms with E-state index in [1.54, 1.807) is 0 Å². The topological polar surface area (TPSA) is 37.3 Å². The van der Waals surface area contributed by atoms with Crippen molar-refractivity contribution in [1.82, 2.24) is 0 Å². The zero-order valence-corrected chi connectivity index (χ0v) is 9.05. The fraction of sp³-hybridized carbons (Fsp3) is 0.909. The summed E-state index contributed by atoms with van der Waals surface area (Å²) in [6, 6.07) is 0. The highest BCUT2D eigenvalue weighted by Crippen LogP contribution is 2.29. The molecule has 0 spiro atoms. The number of aliphatic hydroxyl groups is 1. The van der Waals surface area contributed by atoms with Crippen LogP contribution in [0.4, 0.5) is 0 Å². The molecule has 0 fully saturated rings. The fourth-order valence-corrected chi connectivity index (χ4v) is 1.41. The van der Waals surface area contributed by atoms with Crippen molar-refractivity contribution in [3.63, 3.8) is 0 Å². The minimum absolute atomic E-state index is 0.115. The zero-order valence-electron chi connectivity index (χ0n) is 9.05. The lowest BCUT2D eigenvalue weighted by atomic mass is 9.80. The highest BCUT2D eigenvalue weighted by atomic mass is 16.3. The number of hydrogen-bond acceptors (Lipinski definition) is 2. The molecule has 1 N–H and O–H groups in total. The van der Waals surface area contributed by atoms with Crippen molar-refractivity contribution in [3.8, 4) is 0 Å². The van der Waals surface area contributed by atoms with Gasteiger partial charge in [0.05, 0.1) is 6.10 Å². The van der Waals surface area contributed by atoms with E-state index in [9.17, 15) is 9.90 Å². The highest BCUT2D eigenvalue weighted by Gasteiger charge is 2.26. The van der Waals surface area contributed by atoms with Crippen molar-refractivity contribution >= 4 is 6.29 Å². The number of carbonyl (C=O) groups excluding carboxylic acids is 1. The molecule has 0 aromatic heterocycles. The maximum Gasteiger partial charge on any atom is 0.122 e. The largest absolute Gasteiger partial charge is 0.392 e. The van der Waals surface area contributed by atoms with Crippen molar-refractivity contribution in [2.24, 2.45) is 5.41 Å². The first-order chi connectivity index (χ1) is 6.04. The molecule has 0 aromatic carbocycles. The molecule has 2 heteroatoms. The summed E-state index contributed by atoms with van der Waals surface area (Å²) in [6.07, 6.45) is 5.11. The van der Waals surface area contributed by atoms with Gasteiger partial charge in [0.2, 0.25) is 0 Å². The molecule has 0 aliphatic carbocycles. The van der Waals surface area contributed by atoms with E-state index < -0.39 is 6.10 Å². The summed E-state index contributed by atoms with van der Waals surface area (Å²) in [6.45, 7) is 6.21. The van der Waals surface area contributed by atoms with Crippen LogP contribution in [-0.4, -0.2) is 17.5 Å². The minimum atomic E-state index is -0.484. The third-order valence-electron chi connectivity index (χ3n) is 2.65. The zero-order chi connectivity index (χ0) is 10.3. The molecule has 2 nitrogen and oxygen atoms in total. The maximum atomic E-state index is 10.2. The molecule has 78 valence electrons. The van der Waals surface area contributed by atoms with Gasteiger partial charge in [0, 0.05) is 6.42 Å². The van der Waals surface area contributed by atoms with Crippen LogP contribution >= 0.6 is 0 Å². The van der Waals surface area contributed by atoms with E-state index in [0.29, 0.717) is 0 Å². The smallest absolute Gasteiger partial charge is 0.122 e. The first-order valence-electron chi connectivity index (χ1n) is 5.16. The monoisotopic (exact) mass is 186 g/mol. The van der Waals surface area contributed by atoms with Crippen molar-refractivity contribution in [2.45, 2.75) is 59.0 Å². The molecule has 0 saturated carbocycles. The first kappa shape index (κ1) is 12.6. The lowest BCUT2D eigenvalue weighted by Crippen LogP contribution is -2.29. The van der Waals surface area contributed by atoms with Gasteiger partial charge in [0.15, 0.2) is 0 Å². The summed E-state index contributed by atoms with van der Waals surface area (Å²) in [5.74, 6) is 0. The van der Waals surface area contributed by atoms with E-state index in [1.807, 2.05) is 13.8 Å². The lowest BCUT2D eigenvalue weighted by Gasteiger charge is -2.29. The lowest BCUT2D eigenvalue weighted by molar-refractivity contribution is -0.111. The van der Waals surface area contributed by atoms with E-state index in [1.165, 1.54) is 12.8 Å². The Labute approximate surface area is 81.3 Å². The van der Waals surface area contributed by atoms with Gasteiger partial charge in [-0.2, -0.15) is 0 Å². The van der Waals surface area contributed by atoms with E-state index >= 15 is 0 Å². The van der Waals surface area contributed by atoms with Crippen LogP contribution in [0.5, 0.6) is 0 Å². The molecular formula is C11H22O2. The Balaban J connectivity index is 3.82. The summed E-state index contributed by atoms with van der Waals surface area (Å²) in [4.78, 5) is 10.2. The van der Waals surface area contributed by atoms with Gasteiger partial charge < -0.3 is 9.90 Å². The second kappa shape index (κ2) is 6.14. The van der Waals surface area contributed by atoms with Gasteiger partial charge in [-0.25, -0.2) is 0 Å². The van der Waals surface area contributed by atoms with Crippen LogP contribution in [0.1, 0.15) is 52.9 Å². The highest BCUT2D eigenvalue weighted by molar-refractivity contribution is 5.50. The number of carbonyl (C=O) groups is 1. The molecule has 0 radical (unpaired) electrons. The molecule has 0 amide bonds. The number of rotatable bonds is 7. The van der Waals surface area contributed by atoms with Crippen molar-refractivity contribution in [1.29, 1.82) is 0 Å². The minimum Gasteiger partial charge on any atom is -0.392 e. The average molecular weight is 186 g/mol. The van der Waals surface area contributed by atoms with E-state index in [0.717, 1.165) is 19.1 Å². The Morgan fingerprint density at radius 3 is 2.46 bits per heavy atom. The molecule has 0 aliphatic heterocycles. The van der Waals surface area contributed by atoms with Gasteiger partial charge in [-0.3, -0.25) is 0 Å². The van der Waals surface area contributed by atoms with Crippen LogP contribution in [0.2, 0.25) is 0 Å². The molecule has 1 atom stereocenters. The molecule has 13 heavy (non-hydrogen) atoms. The summed E-state index contributed by atoms with van der Waals surface area (Å²) < 4.78 is 0. The van der Waals surface area contributed by atoms with Gasteiger partial charge in [-0.05, 0) is 11.8 Å². The average Bonchev–Trinajstić information content (AvgIpc) is 2.05. The Morgan fingerprint density at radius 2 is 2.00 bits per heavy atom. The normalized spacial score (nSPS) is 14.2. The first-order valence-corrected chi connectivity index (χ1v) is 5.16. The Hall–Kier alpha value is -0.370. The Bertz CT molecular complexity index is 141. The van der Waals surface area contributed by atoms with Crippen molar-refractivity contribution in [3.05, 3.63) is 0 Å². The van der Waals surface area contributed by atoms with Crippen LogP contribution in [-0.2, 0) is 4.79 Å². The molecule has 0 saturated heterocycles. The Morgan fingerprint density at radius 1 is 1.38 bits per heavy atom. The number of aliphatic hydroxyl groups excluding tert-OH is 1. The van der Waals surface area contributed by atoms with Crippen LogP contribution in [0, 0.1) is 5.41 Å². The summed E-state index contributed by atoms with van der Waals surface area (Å²) >= 11 is 0. The third-order valence-corrected chi connectivity index (χ3v) is 2.65. The fourth-order valence-electron chi connectivity index (χ4n) is 1.41. The molecule has 0 rings (SSSR count). The molecule has 0 heterocycles. The quantitative estimate of drug-likeness (QED) is 0.490. The predicted octanol–water partition coefficient (Wildman–Crippen LogP) is 2.54. The van der Waals surface area contributed by atoms with Gasteiger partial charge >= 0.3 is 0 Å². The van der Waals surface area contributed by atoms with E-state index in [-0.39, 0.29) is 11.8 Å². The van der Waals surface area contributed by atoms with Crippen molar-refractivity contribution in [2.75, 3.05) is 0 Å². The van der Waals surface area contributed by atoms with Gasteiger partial charge in [0.25, 0.3) is 0 Å². The second-order valence-corrected chi connectivity index (χ2v) is 4.36. The third kappa shape index (κ3) is 5.04. The van der Waals surface area contributed by atoms with E-state index in [4.69, 9.17) is 0 Å². The van der Waals surface area contributed by atoms with Crippen LogP contribution in [0.3, 0.4) is 0 Å². The molecular weight excluding hydrogens is 164 g/mol. The number of unbranched alkanes of at least 4 members (excludes halogenated alkanes) is 2. The van der Waals surface area contributed by atoms with Gasteiger partial charge in [-0.1, -0.05) is 40.0 Å². The maximum absolute atomic E-state index is 10.2.